The standard InChI is InChI=1S/C17H18Cl2N2O2/c1-2-3-10-23-14-7-5-13(6-8-14)20-17(22)21-16-9-4-12(18)11-15(16)19/h4-9,11H,2-3,10H2,1H3,(H2,20,21,22). The second-order valence-corrected chi connectivity index (χ2v) is 5.77. The van der Waals surface area contributed by atoms with E-state index >= 15 is 0 Å². The van der Waals surface area contributed by atoms with Crippen molar-refractivity contribution < 1.29 is 9.53 Å². The van der Waals surface area contributed by atoms with Crippen molar-refractivity contribution in [2.75, 3.05) is 17.2 Å². The van der Waals surface area contributed by atoms with Crippen LogP contribution >= 0.6 is 23.2 Å². The molecule has 0 saturated carbocycles. The molecule has 23 heavy (non-hydrogen) atoms. The summed E-state index contributed by atoms with van der Waals surface area (Å²) in [6.45, 7) is 2.81. The van der Waals surface area contributed by atoms with Crippen molar-refractivity contribution in [2.45, 2.75) is 19.8 Å². The van der Waals surface area contributed by atoms with Gasteiger partial charge in [0, 0.05) is 10.7 Å². The molecule has 0 saturated heterocycles. The van der Waals surface area contributed by atoms with E-state index in [1.807, 2.05) is 12.1 Å². The molecule has 0 aliphatic rings. The van der Waals surface area contributed by atoms with Crippen LogP contribution in [0.25, 0.3) is 0 Å². The minimum atomic E-state index is -0.381. The van der Waals surface area contributed by atoms with Gasteiger partial charge in [-0.2, -0.15) is 0 Å². The maximum Gasteiger partial charge on any atom is 0.323 e. The van der Waals surface area contributed by atoms with Crippen LogP contribution in [-0.4, -0.2) is 12.6 Å². The Balaban J connectivity index is 1.89. The molecule has 122 valence electrons. The minimum absolute atomic E-state index is 0.381. The van der Waals surface area contributed by atoms with Crippen LogP contribution in [-0.2, 0) is 0 Å². The first kappa shape index (κ1) is 17.4. The molecule has 4 nitrogen and oxygen atoms in total. The summed E-state index contributed by atoms with van der Waals surface area (Å²) in [4.78, 5) is 12.0. The normalized spacial score (nSPS) is 10.2. The topological polar surface area (TPSA) is 50.4 Å². The van der Waals surface area contributed by atoms with Crippen LogP contribution in [0.1, 0.15) is 19.8 Å². The van der Waals surface area contributed by atoms with Gasteiger partial charge in [0.2, 0.25) is 0 Å². The largest absolute Gasteiger partial charge is 0.494 e. The quantitative estimate of drug-likeness (QED) is 0.643. The van der Waals surface area contributed by atoms with E-state index in [9.17, 15) is 4.79 Å². The Morgan fingerprint density at radius 3 is 2.48 bits per heavy atom. The van der Waals surface area contributed by atoms with Gasteiger partial charge in [-0.05, 0) is 48.9 Å². The number of urea groups is 1. The zero-order valence-electron chi connectivity index (χ0n) is 12.7. The molecule has 0 spiro atoms. The van der Waals surface area contributed by atoms with Gasteiger partial charge < -0.3 is 15.4 Å². The first-order valence-electron chi connectivity index (χ1n) is 7.34. The smallest absolute Gasteiger partial charge is 0.323 e. The summed E-state index contributed by atoms with van der Waals surface area (Å²) in [7, 11) is 0. The number of amides is 2. The van der Waals surface area contributed by atoms with Gasteiger partial charge in [-0.1, -0.05) is 36.5 Å². The Morgan fingerprint density at radius 2 is 1.83 bits per heavy atom. The maximum absolute atomic E-state index is 12.0. The van der Waals surface area contributed by atoms with Crippen LogP contribution in [0.5, 0.6) is 5.75 Å². The predicted molar refractivity (Wildman–Crippen MR) is 95.9 cm³/mol. The molecule has 2 amide bonds. The number of unbranched alkanes of at least 4 members (excludes halogenated alkanes) is 1. The minimum Gasteiger partial charge on any atom is -0.494 e. The van der Waals surface area contributed by atoms with Crippen molar-refractivity contribution in [3.63, 3.8) is 0 Å². The molecular weight excluding hydrogens is 335 g/mol. The van der Waals surface area contributed by atoms with Gasteiger partial charge in [-0.25, -0.2) is 4.79 Å². The van der Waals surface area contributed by atoms with E-state index in [4.69, 9.17) is 27.9 Å². The Labute approximate surface area is 145 Å². The third kappa shape index (κ3) is 5.66. The Morgan fingerprint density at radius 1 is 1.09 bits per heavy atom. The molecule has 6 heteroatoms. The van der Waals surface area contributed by atoms with Crippen LogP contribution in [0, 0.1) is 0 Å². The molecule has 2 N–H and O–H groups in total. The Bertz CT molecular complexity index is 660. The fraction of sp³-hybridized carbons (Fsp3) is 0.235. The van der Waals surface area contributed by atoms with Crippen molar-refractivity contribution >= 4 is 40.6 Å². The SMILES string of the molecule is CCCCOc1ccc(NC(=O)Nc2ccc(Cl)cc2Cl)cc1. The third-order valence-electron chi connectivity index (χ3n) is 3.06. The van der Waals surface area contributed by atoms with E-state index in [2.05, 4.69) is 17.6 Å². The zero-order chi connectivity index (χ0) is 16.7. The maximum atomic E-state index is 12.0. The Hall–Kier alpha value is -1.91. The number of anilines is 2. The highest BCUT2D eigenvalue weighted by Gasteiger charge is 2.06. The number of halogens is 2. The number of ether oxygens (including phenoxy) is 1. The lowest BCUT2D eigenvalue weighted by Crippen LogP contribution is -2.19. The molecule has 0 radical (unpaired) electrons. The lowest BCUT2D eigenvalue weighted by Gasteiger charge is -2.10. The first-order valence-corrected chi connectivity index (χ1v) is 8.10. The van der Waals surface area contributed by atoms with Gasteiger partial charge in [0.25, 0.3) is 0 Å². The average Bonchev–Trinajstić information content (AvgIpc) is 2.52. The van der Waals surface area contributed by atoms with Gasteiger partial charge in [-0.15, -0.1) is 0 Å². The molecule has 2 aromatic rings. The number of rotatable bonds is 6. The van der Waals surface area contributed by atoms with Gasteiger partial charge in [0.1, 0.15) is 5.75 Å². The summed E-state index contributed by atoms with van der Waals surface area (Å²) in [5.74, 6) is 0.783. The molecule has 2 rings (SSSR count). The van der Waals surface area contributed by atoms with Crippen molar-refractivity contribution in [3.05, 3.63) is 52.5 Å². The number of carbonyl (C=O) groups excluding carboxylic acids is 1. The van der Waals surface area contributed by atoms with E-state index < -0.39 is 0 Å². The molecule has 0 fully saturated rings. The summed E-state index contributed by atoms with van der Waals surface area (Å²) in [6.07, 6.45) is 2.11. The van der Waals surface area contributed by atoms with Crippen LogP contribution in [0.4, 0.5) is 16.2 Å². The van der Waals surface area contributed by atoms with Crippen LogP contribution in [0.3, 0.4) is 0 Å². The molecule has 0 atom stereocenters. The second kappa shape index (κ2) is 8.65. The summed E-state index contributed by atoms with van der Waals surface area (Å²) < 4.78 is 5.57. The van der Waals surface area contributed by atoms with Crippen molar-refractivity contribution in [1.82, 2.24) is 0 Å². The molecule has 0 unspecified atom stereocenters. The van der Waals surface area contributed by atoms with Crippen molar-refractivity contribution in [3.8, 4) is 5.75 Å². The summed E-state index contributed by atoms with van der Waals surface area (Å²) >= 11 is 11.8. The number of carbonyl (C=O) groups is 1. The molecule has 2 aromatic carbocycles. The Kier molecular flexibility index (Phi) is 6.56. The summed E-state index contributed by atoms with van der Waals surface area (Å²) in [5.41, 5.74) is 1.16. The molecular formula is C17H18Cl2N2O2. The van der Waals surface area contributed by atoms with Crippen LogP contribution in [0.15, 0.2) is 42.5 Å². The monoisotopic (exact) mass is 352 g/mol. The second-order valence-electron chi connectivity index (χ2n) is 4.93. The molecule has 0 heterocycles. The van der Waals surface area contributed by atoms with Crippen LogP contribution < -0.4 is 15.4 Å². The highest BCUT2D eigenvalue weighted by molar-refractivity contribution is 6.36. The number of hydrogen-bond acceptors (Lipinski definition) is 2. The summed E-state index contributed by atoms with van der Waals surface area (Å²) in [6, 6.07) is 11.7. The highest BCUT2D eigenvalue weighted by atomic mass is 35.5. The third-order valence-corrected chi connectivity index (χ3v) is 3.61. The molecule has 0 aromatic heterocycles. The fourth-order valence-corrected chi connectivity index (χ4v) is 2.30. The van der Waals surface area contributed by atoms with Crippen LogP contribution in [0.2, 0.25) is 10.0 Å². The van der Waals surface area contributed by atoms with Crippen molar-refractivity contribution in [1.29, 1.82) is 0 Å². The molecule has 0 aliphatic carbocycles. The van der Waals surface area contributed by atoms with E-state index in [0.29, 0.717) is 28.0 Å². The van der Waals surface area contributed by atoms with Crippen molar-refractivity contribution in [2.24, 2.45) is 0 Å². The van der Waals surface area contributed by atoms with Gasteiger partial charge in [-0.3, -0.25) is 0 Å². The highest BCUT2D eigenvalue weighted by Crippen LogP contribution is 2.25. The zero-order valence-corrected chi connectivity index (χ0v) is 14.2. The number of nitrogens with one attached hydrogen (secondary N) is 2. The van der Waals surface area contributed by atoms with E-state index in [-0.39, 0.29) is 6.03 Å². The van der Waals surface area contributed by atoms with Gasteiger partial charge in [0.15, 0.2) is 0 Å². The lowest BCUT2D eigenvalue weighted by atomic mass is 10.3. The predicted octanol–water partition coefficient (Wildman–Crippen LogP) is 5.82. The lowest BCUT2D eigenvalue weighted by molar-refractivity contribution is 0.262. The van der Waals surface area contributed by atoms with E-state index in [0.717, 1.165) is 18.6 Å². The van der Waals surface area contributed by atoms with Gasteiger partial charge in [0.05, 0.1) is 17.3 Å². The molecule has 0 bridgehead atoms. The average molecular weight is 353 g/mol. The summed E-state index contributed by atoms with van der Waals surface area (Å²) in [5, 5.41) is 6.30. The van der Waals surface area contributed by atoms with Gasteiger partial charge >= 0.3 is 6.03 Å². The number of benzene rings is 2. The van der Waals surface area contributed by atoms with E-state index in [1.54, 1.807) is 30.3 Å². The fourth-order valence-electron chi connectivity index (χ4n) is 1.84. The van der Waals surface area contributed by atoms with E-state index in [1.165, 1.54) is 0 Å². The first-order chi connectivity index (χ1) is 11.1. The molecule has 0 aliphatic heterocycles. The number of hydrogen-bond donors (Lipinski definition) is 2.